The summed E-state index contributed by atoms with van der Waals surface area (Å²) in [5.74, 6) is 0.677. The number of thioether (sulfide) groups is 1. The van der Waals surface area contributed by atoms with Gasteiger partial charge < -0.3 is 4.98 Å². The second-order valence-corrected chi connectivity index (χ2v) is 6.54. The molecule has 0 saturated carbocycles. The Balaban J connectivity index is 1.70. The summed E-state index contributed by atoms with van der Waals surface area (Å²) < 4.78 is 0. The standard InChI is InChI=1S/C17H17N5O2S/c1-9-14(11(3)23)10(2)19-15(9)13(24)8-25-17-20-16(21-22-17)12-4-6-18-7-5-12/h4-7,19H,8H2,1-3H3,(H,20,21,22). The van der Waals surface area contributed by atoms with Gasteiger partial charge in [0.05, 0.1) is 11.4 Å². The van der Waals surface area contributed by atoms with Crippen molar-refractivity contribution in [2.24, 2.45) is 0 Å². The van der Waals surface area contributed by atoms with E-state index in [1.165, 1.54) is 18.7 Å². The second kappa shape index (κ2) is 7.02. The Kier molecular flexibility index (Phi) is 4.80. The Morgan fingerprint density at radius 3 is 2.56 bits per heavy atom. The number of nitrogens with zero attached hydrogens (tertiary/aromatic N) is 3. The molecular formula is C17H17N5O2S. The summed E-state index contributed by atoms with van der Waals surface area (Å²) in [5.41, 5.74) is 3.35. The van der Waals surface area contributed by atoms with Crippen molar-refractivity contribution in [1.82, 2.24) is 25.1 Å². The summed E-state index contributed by atoms with van der Waals surface area (Å²) in [6, 6.07) is 3.66. The SMILES string of the molecule is CC(=O)c1c(C)[nH]c(C(=O)CSc2n[nH]c(-c3ccncc3)n2)c1C. The van der Waals surface area contributed by atoms with Crippen LogP contribution in [0.2, 0.25) is 0 Å². The van der Waals surface area contributed by atoms with Crippen molar-refractivity contribution in [1.29, 1.82) is 0 Å². The van der Waals surface area contributed by atoms with Crippen LogP contribution in [0.3, 0.4) is 0 Å². The van der Waals surface area contributed by atoms with Gasteiger partial charge in [0, 0.05) is 29.2 Å². The van der Waals surface area contributed by atoms with Gasteiger partial charge in [0.1, 0.15) is 0 Å². The first kappa shape index (κ1) is 17.1. The molecule has 3 heterocycles. The maximum Gasteiger partial charge on any atom is 0.209 e. The fourth-order valence-electron chi connectivity index (χ4n) is 2.71. The van der Waals surface area contributed by atoms with Gasteiger partial charge in [-0.3, -0.25) is 19.7 Å². The van der Waals surface area contributed by atoms with Crippen molar-refractivity contribution in [2.75, 3.05) is 5.75 Å². The van der Waals surface area contributed by atoms with Crippen LogP contribution in [0.4, 0.5) is 0 Å². The highest BCUT2D eigenvalue weighted by Crippen LogP contribution is 2.23. The van der Waals surface area contributed by atoms with Crippen LogP contribution in [0.15, 0.2) is 29.7 Å². The maximum atomic E-state index is 12.5. The van der Waals surface area contributed by atoms with Crippen LogP contribution in [-0.2, 0) is 0 Å². The Morgan fingerprint density at radius 2 is 1.92 bits per heavy atom. The van der Waals surface area contributed by atoms with Crippen LogP contribution >= 0.6 is 11.8 Å². The lowest BCUT2D eigenvalue weighted by molar-refractivity contribution is 0.101. The topological polar surface area (TPSA) is 104 Å². The van der Waals surface area contributed by atoms with Crippen molar-refractivity contribution in [2.45, 2.75) is 25.9 Å². The molecule has 0 radical (unpaired) electrons. The number of nitrogens with one attached hydrogen (secondary N) is 2. The van der Waals surface area contributed by atoms with E-state index in [1.54, 1.807) is 26.2 Å². The molecule has 0 aliphatic carbocycles. The van der Waals surface area contributed by atoms with E-state index >= 15 is 0 Å². The van der Waals surface area contributed by atoms with E-state index in [2.05, 4.69) is 25.1 Å². The average Bonchev–Trinajstić information content (AvgIpc) is 3.18. The molecule has 128 valence electrons. The van der Waals surface area contributed by atoms with E-state index < -0.39 is 0 Å². The lowest BCUT2D eigenvalue weighted by Crippen LogP contribution is -2.05. The van der Waals surface area contributed by atoms with E-state index in [0.29, 0.717) is 27.8 Å². The number of hydrogen-bond acceptors (Lipinski definition) is 6. The Hall–Kier alpha value is -2.74. The van der Waals surface area contributed by atoms with Crippen molar-refractivity contribution in [3.63, 3.8) is 0 Å². The molecular weight excluding hydrogens is 338 g/mol. The first-order chi connectivity index (χ1) is 12.0. The molecule has 0 spiro atoms. The number of carbonyl (C=O) groups is 2. The first-order valence-corrected chi connectivity index (χ1v) is 8.65. The highest BCUT2D eigenvalue weighted by atomic mass is 32.2. The number of Topliss-reactive ketones (excluding diaryl/α,β-unsaturated/α-hetero) is 2. The number of aromatic nitrogens is 5. The number of hydrogen-bond donors (Lipinski definition) is 2. The molecule has 8 heteroatoms. The quantitative estimate of drug-likeness (QED) is 0.520. The van der Waals surface area contributed by atoms with Crippen molar-refractivity contribution in [3.8, 4) is 11.4 Å². The monoisotopic (exact) mass is 355 g/mol. The molecule has 3 aromatic heterocycles. The zero-order chi connectivity index (χ0) is 18.0. The van der Waals surface area contributed by atoms with Gasteiger partial charge in [-0.2, -0.15) is 0 Å². The van der Waals surface area contributed by atoms with Gasteiger partial charge >= 0.3 is 0 Å². The predicted octanol–water partition coefficient (Wildman–Crippen LogP) is 2.99. The van der Waals surface area contributed by atoms with Crippen LogP contribution in [0.1, 0.15) is 39.0 Å². The normalized spacial score (nSPS) is 10.8. The van der Waals surface area contributed by atoms with E-state index in [4.69, 9.17) is 0 Å². The molecule has 0 unspecified atom stereocenters. The predicted molar refractivity (Wildman–Crippen MR) is 94.9 cm³/mol. The van der Waals surface area contributed by atoms with E-state index in [0.717, 1.165) is 11.3 Å². The summed E-state index contributed by atoms with van der Waals surface area (Å²) in [5, 5.41) is 7.47. The molecule has 0 atom stereocenters. The number of aromatic amines is 2. The van der Waals surface area contributed by atoms with Crippen LogP contribution in [0.25, 0.3) is 11.4 Å². The third-order valence-corrected chi connectivity index (χ3v) is 4.67. The molecule has 25 heavy (non-hydrogen) atoms. The molecule has 0 aliphatic rings. The summed E-state index contributed by atoms with van der Waals surface area (Å²) in [6.07, 6.45) is 3.36. The van der Waals surface area contributed by atoms with E-state index in [-0.39, 0.29) is 17.3 Å². The molecule has 3 rings (SSSR count). The minimum Gasteiger partial charge on any atom is -0.355 e. The summed E-state index contributed by atoms with van der Waals surface area (Å²) in [7, 11) is 0. The zero-order valence-electron chi connectivity index (χ0n) is 14.1. The summed E-state index contributed by atoms with van der Waals surface area (Å²) in [4.78, 5) is 35.5. The van der Waals surface area contributed by atoms with Crippen molar-refractivity contribution >= 4 is 23.3 Å². The van der Waals surface area contributed by atoms with E-state index in [1.807, 2.05) is 12.1 Å². The smallest absolute Gasteiger partial charge is 0.209 e. The highest BCUT2D eigenvalue weighted by Gasteiger charge is 2.20. The molecule has 0 aromatic carbocycles. The fourth-order valence-corrected chi connectivity index (χ4v) is 3.38. The number of pyridine rings is 1. The van der Waals surface area contributed by atoms with Crippen molar-refractivity contribution in [3.05, 3.63) is 47.0 Å². The lowest BCUT2D eigenvalue weighted by Gasteiger charge is -1.99. The Labute approximate surface area is 148 Å². The minimum atomic E-state index is -0.0895. The molecule has 0 fully saturated rings. The van der Waals surface area contributed by atoms with Crippen molar-refractivity contribution < 1.29 is 9.59 Å². The Morgan fingerprint density at radius 1 is 1.20 bits per heavy atom. The second-order valence-electron chi connectivity index (χ2n) is 5.60. The van der Waals surface area contributed by atoms with Gasteiger partial charge in [-0.25, -0.2) is 4.98 Å². The molecule has 0 bridgehead atoms. The molecule has 0 saturated heterocycles. The average molecular weight is 355 g/mol. The lowest BCUT2D eigenvalue weighted by atomic mass is 10.1. The third kappa shape index (κ3) is 3.53. The number of rotatable bonds is 6. The molecule has 0 amide bonds. The van der Waals surface area contributed by atoms with Gasteiger partial charge in [-0.05, 0) is 38.5 Å². The van der Waals surface area contributed by atoms with Gasteiger partial charge in [-0.15, -0.1) is 5.10 Å². The number of carbonyl (C=O) groups excluding carboxylic acids is 2. The fraction of sp³-hybridized carbons (Fsp3) is 0.235. The van der Waals surface area contributed by atoms with Crippen LogP contribution in [0.5, 0.6) is 0 Å². The van der Waals surface area contributed by atoms with Gasteiger partial charge in [0.15, 0.2) is 17.4 Å². The summed E-state index contributed by atoms with van der Waals surface area (Å²) in [6.45, 7) is 5.08. The third-order valence-electron chi connectivity index (χ3n) is 3.82. The van der Waals surface area contributed by atoms with Gasteiger partial charge in [0.2, 0.25) is 5.16 Å². The molecule has 3 aromatic rings. The summed E-state index contributed by atoms with van der Waals surface area (Å²) >= 11 is 1.25. The maximum absolute atomic E-state index is 12.5. The van der Waals surface area contributed by atoms with Crippen LogP contribution in [-0.4, -0.2) is 42.5 Å². The number of H-pyrrole nitrogens is 2. The first-order valence-electron chi connectivity index (χ1n) is 7.66. The largest absolute Gasteiger partial charge is 0.355 e. The molecule has 2 N–H and O–H groups in total. The zero-order valence-corrected chi connectivity index (χ0v) is 14.9. The number of aryl methyl sites for hydroxylation is 1. The van der Waals surface area contributed by atoms with Gasteiger partial charge in [-0.1, -0.05) is 11.8 Å². The number of ketones is 2. The molecule has 0 aliphatic heterocycles. The van der Waals surface area contributed by atoms with Crippen LogP contribution < -0.4 is 0 Å². The van der Waals surface area contributed by atoms with E-state index in [9.17, 15) is 9.59 Å². The molecule has 7 nitrogen and oxygen atoms in total. The van der Waals surface area contributed by atoms with Crippen LogP contribution in [0, 0.1) is 13.8 Å². The van der Waals surface area contributed by atoms with Gasteiger partial charge in [0.25, 0.3) is 0 Å². The minimum absolute atomic E-state index is 0.0473. The Bertz CT molecular complexity index is 930. The highest BCUT2D eigenvalue weighted by molar-refractivity contribution is 7.99.